The van der Waals surface area contributed by atoms with Gasteiger partial charge in [-0.2, -0.15) is 5.10 Å². The van der Waals surface area contributed by atoms with Crippen molar-refractivity contribution in [1.29, 1.82) is 0 Å². The Balaban J connectivity index is 2.01. The van der Waals surface area contributed by atoms with E-state index in [9.17, 15) is 4.79 Å². The van der Waals surface area contributed by atoms with Gasteiger partial charge in [-0.15, -0.1) is 0 Å². The summed E-state index contributed by atoms with van der Waals surface area (Å²) < 4.78 is 4.18. The molecular formula is C17H24N4O. The zero-order chi connectivity index (χ0) is 15.9. The molecule has 0 aliphatic carbocycles. The maximum atomic E-state index is 12.2. The van der Waals surface area contributed by atoms with Gasteiger partial charge >= 0.3 is 0 Å². The molecule has 0 N–H and O–H groups in total. The van der Waals surface area contributed by atoms with E-state index in [2.05, 4.69) is 30.0 Å². The van der Waals surface area contributed by atoms with Crippen molar-refractivity contribution in [2.24, 2.45) is 0 Å². The summed E-state index contributed by atoms with van der Waals surface area (Å²) in [7, 11) is 0. The summed E-state index contributed by atoms with van der Waals surface area (Å²) in [6, 6.07) is 4.03. The van der Waals surface area contributed by atoms with Crippen molar-refractivity contribution in [1.82, 2.24) is 19.2 Å². The lowest BCUT2D eigenvalue weighted by molar-refractivity contribution is -0.131. The van der Waals surface area contributed by atoms with Gasteiger partial charge in [0.25, 0.3) is 0 Å². The summed E-state index contributed by atoms with van der Waals surface area (Å²) in [6.07, 6.45) is 5.58. The second kappa shape index (κ2) is 5.30. The normalized spacial score (nSPS) is 14.5. The number of hydrogen-bond donors (Lipinski definition) is 0. The summed E-state index contributed by atoms with van der Waals surface area (Å²) in [6.45, 7) is 9.80. The molecule has 1 amide bonds. The van der Waals surface area contributed by atoms with Gasteiger partial charge in [-0.1, -0.05) is 6.92 Å². The lowest BCUT2D eigenvalue weighted by Crippen LogP contribution is -2.29. The second-order valence-electron chi connectivity index (χ2n) is 6.92. The zero-order valence-electron chi connectivity index (χ0n) is 13.8. The van der Waals surface area contributed by atoms with E-state index in [1.165, 1.54) is 5.56 Å². The van der Waals surface area contributed by atoms with Gasteiger partial charge in [0.1, 0.15) is 5.82 Å². The van der Waals surface area contributed by atoms with Crippen LogP contribution in [0.4, 0.5) is 0 Å². The van der Waals surface area contributed by atoms with Crippen molar-refractivity contribution in [2.45, 2.75) is 59.2 Å². The van der Waals surface area contributed by atoms with Crippen LogP contribution in [0.5, 0.6) is 0 Å². The molecule has 0 atom stereocenters. The van der Waals surface area contributed by atoms with Crippen LogP contribution in [0.3, 0.4) is 0 Å². The Hall–Kier alpha value is -2.04. The number of fused-ring (bicyclic) bond motifs is 1. The van der Waals surface area contributed by atoms with Crippen molar-refractivity contribution in [3.63, 3.8) is 0 Å². The van der Waals surface area contributed by atoms with Crippen molar-refractivity contribution >= 4 is 5.91 Å². The Labute approximate surface area is 131 Å². The van der Waals surface area contributed by atoms with Crippen molar-refractivity contribution in [3.8, 4) is 5.82 Å². The Kier molecular flexibility index (Phi) is 3.59. The first-order valence-electron chi connectivity index (χ1n) is 7.94. The molecule has 0 spiro atoms. The topological polar surface area (TPSA) is 43.1 Å². The molecule has 3 heterocycles. The average molecular weight is 300 g/mol. The molecule has 0 unspecified atom stereocenters. The maximum absolute atomic E-state index is 12.2. The van der Waals surface area contributed by atoms with Crippen LogP contribution in [0.1, 0.15) is 51.8 Å². The highest BCUT2D eigenvalue weighted by Gasteiger charge is 2.33. The van der Waals surface area contributed by atoms with Gasteiger partial charge < -0.3 is 9.47 Å². The molecule has 0 saturated carbocycles. The number of aromatic nitrogens is 3. The SMILES string of the molecule is CCCC(=O)N1Cc2nn(C(C)(C)C)c(-n3cccc3)c2C1. The molecule has 2 aromatic rings. The standard InChI is InChI=1S/C17H24N4O/c1-5-8-15(22)20-11-13-14(12-20)18-21(17(2,3)4)16(13)19-9-6-7-10-19/h6-7,9-10H,5,8,11-12H2,1-4H3. The number of carbonyl (C=O) groups excluding carboxylic acids is 1. The first-order valence-corrected chi connectivity index (χ1v) is 7.94. The molecular weight excluding hydrogens is 276 g/mol. The predicted octanol–water partition coefficient (Wildman–Crippen LogP) is 3.07. The molecule has 1 aliphatic rings. The minimum atomic E-state index is -0.0950. The van der Waals surface area contributed by atoms with Gasteiger partial charge in [0.2, 0.25) is 5.91 Å². The summed E-state index contributed by atoms with van der Waals surface area (Å²) >= 11 is 0. The first-order chi connectivity index (χ1) is 10.4. The fraction of sp³-hybridized carbons (Fsp3) is 0.529. The largest absolute Gasteiger partial charge is 0.332 e. The number of amides is 1. The van der Waals surface area contributed by atoms with E-state index in [-0.39, 0.29) is 11.4 Å². The van der Waals surface area contributed by atoms with Gasteiger partial charge in [-0.05, 0) is 39.3 Å². The Morgan fingerprint density at radius 2 is 1.91 bits per heavy atom. The van der Waals surface area contributed by atoms with Crippen LogP contribution in [-0.2, 0) is 23.4 Å². The van der Waals surface area contributed by atoms with E-state index < -0.39 is 0 Å². The Morgan fingerprint density at radius 3 is 2.50 bits per heavy atom. The number of rotatable bonds is 3. The van der Waals surface area contributed by atoms with E-state index in [1.54, 1.807) is 0 Å². The molecule has 5 heteroatoms. The number of hydrogen-bond acceptors (Lipinski definition) is 2. The lowest BCUT2D eigenvalue weighted by atomic mass is 10.1. The van der Waals surface area contributed by atoms with Crippen molar-refractivity contribution in [3.05, 3.63) is 35.8 Å². The van der Waals surface area contributed by atoms with E-state index in [0.29, 0.717) is 19.5 Å². The van der Waals surface area contributed by atoms with Crippen LogP contribution >= 0.6 is 0 Å². The lowest BCUT2D eigenvalue weighted by Gasteiger charge is -2.24. The molecule has 2 aromatic heterocycles. The first kappa shape index (κ1) is 14.9. The van der Waals surface area contributed by atoms with Crippen LogP contribution in [-0.4, -0.2) is 25.2 Å². The van der Waals surface area contributed by atoms with E-state index >= 15 is 0 Å². The smallest absolute Gasteiger partial charge is 0.223 e. The van der Waals surface area contributed by atoms with E-state index in [4.69, 9.17) is 5.10 Å². The average Bonchev–Trinajstić information content (AvgIpc) is 3.12. The van der Waals surface area contributed by atoms with Crippen molar-refractivity contribution in [2.75, 3.05) is 0 Å². The number of carbonyl (C=O) groups is 1. The fourth-order valence-corrected chi connectivity index (χ4v) is 2.96. The van der Waals surface area contributed by atoms with Crippen LogP contribution in [0, 0.1) is 0 Å². The fourth-order valence-electron chi connectivity index (χ4n) is 2.96. The Morgan fingerprint density at radius 1 is 1.23 bits per heavy atom. The van der Waals surface area contributed by atoms with Crippen molar-refractivity contribution < 1.29 is 4.79 Å². The third-order valence-corrected chi connectivity index (χ3v) is 4.03. The highest BCUT2D eigenvalue weighted by atomic mass is 16.2. The van der Waals surface area contributed by atoms with Gasteiger partial charge in [-0.25, -0.2) is 4.68 Å². The molecule has 0 fully saturated rings. The quantitative estimate of drug-likeness (QED) is 0.874. The third kappa shape index (κ3) is 2.45. The Bertz CT molecular complexity index is 676. The molecule has 3 rings (SSSR count). The molecule has 0 saturated heterocycles. The van der Waals surface area contributed by atoms with Gasteiger partial charge in [0, 0.05) is 24.4 Å². The predicted molar refractivity (Wildman–Crippen MR) is 85.7 cm³/mol. The van der Waals surface area contributed by atoms with Gasteiger partial charge in [0.15, 0.2) is 0 Å². The van der Waals surface area contributed by atoms with Gasteiger partial charge in [0.05, 0.1) is 24.3 Å². The van der Waals surface area contributed by atoms with E-state index in [0.717, 1.165) is 17.9 Å². The minimum Gasteiger partial charge on any atom is -0.332 e. The molecule has 22 heavy (non-hydrogen) atoms. The summed E-state index contributed by atoms with van der Waals surface area (Å²) in [5, 5.41) is 4.81. The monoisotopic (exact) mass is 300 g/mol. The number of nitrogens with zero attached hydrogens (tertiary/aromatic N) is 4. The van der Waals surface area contributed by atoms with Crippen LogP contribution in [0.2, 0.25) is 0 Å². The molecule has 0 aromatic carbocycles. The van der Waals surface area contributed by atoms with Crippen LogP contribution < -0.4 is 0 Å². The summed E-state index contributed by atoms with van der Waals surface area (Å²) in [4.78, 5) is 14.1. The third-order valence-electron chi connectivity index (χ3n) is 4.03. The molecule has 118 valence electrons. The summed E-state index contributed by atoms with van der Waals surface area (Å²) in [5.74, 6) is 1.31. The molecule has 0 radical (unpaired) electrons. The molecule has 5 nitrogen and oxygen atoms in total. The van der Waals surface area contributed by atoms with Gasteiger partial charge in [-0.3, -0.25) is 4.79 Å². The van der Waals surface area contributed by atoms with Crippen LogP contribution in [0.15, 0.2) is 24.5 Å². The van der Waals surface area contributed by atoms with Crippen LogP contribution in [0.25, 0.3) is 5.82 Å². The van der Waals surface area contributed by atoms with E-state index in [1.807, 2.05) is 36.4 Å². The second-order valence-corrected chi connectivity index (χ2v) is 6.92. The minimum absolute atomic E-state index is 0.0950. The maximum Gasteiger partial charge on any atom is 0.223 e. The molecule has 0 bridgehead atoms. The highest BCUT2D eigenvalue weighted by Crippen LogP contribution is 2.32. The highest BCUT2D eigenvalue weighted by molar-refractivity contribution is 5.77. The zero-order valence-corrected chi connectivity index (χ0v) is 13.8. The molecule has 1 aliphatic heterocycles. The summed E-state index contributed by atoms with van der Waals surface area (Å²) in [5.41, 5.74) is 2.11.